The van der Waals surface area contributed by atoms with Crippen LogP contribution in [0, 0.1) is 41.5 Å². The fourth-order valence-electron chi connectivity index (χ4n) is 3.79. The third-order valence-corrected chi connectivity index (χ3v) is 6.56. The van der Waals surface area contributed by atoms with Crippen LogP contribution in [0.15, 0.2) is 30.3 Å². The molecule has 2 aromatic carbocycles. The number of rotatable bonds is 4. The number of carbonyl (C=O) groups is 2. The maximum atomic E-state index is 11.7. The molecule has 2 heterocycles. The zero-order chi connectivity index (χ0) is 28.7. The Labute approximate surface area is 260 Å². The number of benzene rings is 2. The maximum absolute atomic E-state index is 11.7. The van der Waals surface area contributed by atoms with E-state index in [1.165, 1.54) is 7.11 Å². The average molecular weight is 581 g/mol. The van der Waals surface area contributed by atoms with Crippen LogP contribution >= 0.6 is 11.6 Å². The molecule has 10 nitrogen and oxygen atoms in total. The van der Waals surface area contributed by atoms with Crippen LogP contribution in [0.25, 0.3) is 22.5 Å². The Bertz CT molecular complexity index is 1470. The molecule has 0 aliphatic carbocycles. The first-order valence-electron chi connectivity index (χ1n) is 11.7. The SMILES string of the molecule is CO.COC(=O)c1cc(-c2n[nH]c(C)c2Cl)c(C)cc1C.Cc1ccc(C(=O)O)cc1-c1n[nH]c(C)c1C.[Na+].[OH-]. The summed E-state index contributed by atoms with van der Waals surface area (Å²) in [4.78, 5) is 22.7. The average Bonchev–Trinajstić information content (AvgIpc) is 3.41. The molecule has 0 unspecified atom stereocenters. The van der Waals surface area contributed by atoms with Crippen LogP contribution in [0.1, 0.15) is 54.4 Å². The third kappa shape index (κ3) is 8.26. The summed E-state index contributed by atoms with van der Waals surface area (Å²) >= 11 is 6.21. The van der Waals surface area contributed by atoms with Crippen LogP contribution in [0.4, 0.5) is 0 Å². The van der Waals surface area contributed by atoms with Crippen LogP contribution in [-0.4, -0.2) is 62.2 Å². The number of H-pyrrole nitrogens is 2. The normalized spacial score (nSPS) is 9.65. The minimum absolute atomic E-state index is 0. The van der Waals surface area contributed by atoms with Crippen LogP contribution in [0.5, 0.6) is 0 Å². The Morgan fingerprint density at radius 2 is 1.38 bits per heavy atom. The molecule has 0 saturated heterocycles. The van der Waals surface area contributed by atoms with E-state index < -0.39 is 5.97 Å². The second kappa shape index (κ2) is 16.3. The summed E-state index contributed by atoms with van der Waals surface area (Å²) in [6, 6.07) is 8.79. The fraction of sp³-hybridized carbons (Fsp3) is 0.286. The first-order valence-corrected chi connectivity index (χ1v) is 12.0. The molecule has 0 fully saturated rings. The summed E-state index contributed by atoms with van der Waals surface area (Å²) < 4.78 is 4.78. The molecule has 4 aromatic rings. The van der Waals surface area contributed by atoms with E-state index in [1.54, 1.807) is 18.2 Å². The Hall–Kier alpha value is -2.99. The first kappa shape index (κ1) is 37.0. The molecule has 40 heavy (non-hydrogen) atoms. The number of esters is 1. The molecule has 0 saturated carbocycles. The van der Waals surface area contributed by atoms with Gasteiger partial charge in [0.15, 0.2) is 0 Å². The van der Waals surface area contributed by atoms with Crippen molar-refractivity contribution in [2.75, 3.05) is 14.2 Å². The van der Waals surface area contributed by atoms with Crippen LogP contribution in [0.2, 0.25) is 5.02 Å². The molecule has 0 bridgehead atoms. The van der Waals surface area contributed by atoms with Gasteiger partial charge in [-0.3, -0.25) is 10.2 Å². The molecule has 210 valence electrons. The van der Waals surface area contributed by atoms with Gasteiger partial charge in [0.05, 0.1) is 34.6 Å². The number of carboxylic acids is 1. The Morgan fingerprint density at radius 3 is 1.85 bits per heavy atom. The van der Waals surface area contributed by atoms with Gasteiger partial charge in [-0.2, -0.15) is 10.2 Å². The van der Waals surface area contributed by atoms with Crippen LogP contribution in [-0.2, 0) is 4.74 Å². The van der Waals surface area contributed by atoms with Crippen molar-refractivity contribution >= 4 is 23.5 Å². The van der Waals surface area contributed by atoms with E-state index in [2.05, 4.69) is 20.4 Å². The predicted octanol–water partition coefficient (Wildman–Crippen LogP) is 2.58. The number of aromatic carboxylic acids is 1. The largest absolute Gasteiger partial charge is 1.00 e. The van der Waals surface area contributed by atoms with E-state index >= 15 is 0 Å². The third-order valence-electron chi connectivity index (χ3n) is 6.10. The van der Waals surface area contributed by atoms with Gasteiger partial charge < -0.3 is 20.4 Å². The quantitative estimate of drug-likeness (QED) is 0.211. The standard InChI is InChI=1S/C14H15ClN2O2.C13H14N2O2.CH4O.Na.H2O/c1-7-5-8(2)11(14(18)19-4)6-10(7)13-12(15)9(3)16-17-13;1-7-4-5-10(13(16)17)6-11(7)12-8(2)9(3)14-15-12;1-2;;/h5-6H,1-4H3,(H,16,17);4-6H,1-3H3,(H,14,15)(H,16,17);2H,1H3;;1H2/q;;;+1;/p-1. The van der Waals surface area contributed by atoms with Gasteiger partial charge in [-0.25, -0.2) is 9.59 Å². The van der Waals surface area contributed by atoms with E-state index in [0.29, 0.717) is 16.3 Å². The molecule has 2 aromatic heterocycles. The van der Waals surface area contributed by atoms with Crippen molar-refractivity contribution in [1.82, 2.24) is 20.4 Å². The van der Waals surface area contributed by atoms with Gasteiger partial charge in [0.25, 0.3) is 0 Å². The number of methoxy groups -OCH3 is 1. The number of aromatic amines is 2. The van der Waals surface area contributed by atoms with Crippen LogP contribution < -0.4 is 29.6 Å². The van der Waals surface area contributed by atoms with E-state index in [0.717, 1.165) is 57.6 Å². The molecule has 0 spiro atoms. The number of carbonyl (C=O) groups excluding carboxylic acids is 1. The van der Waals surface area contributed by atoms with Crippen molar-refractivity contribution in [3.8, 4) is 22.5 Å². The molecular weight excluding hydrogens is 547 g/mol. The summed E-state index contributed by atoms with van der Waals surface area (Å²) in [7, 11) is 2.37. The summed E-state index contributed by atoms with van der Waals surface area (Å²) in [5.41, 5.74) is 9.74. The Kier molecular flexibility index (Phi) is 15.1. The molecule has 0 aliphatic heterocycles. The predicted molar refractivity (Wildman–Crippen MR) is 150 cm³/mol. The van der Waals surface area contributed by atoms with Gasteiger partial charge in [-0.1, -0.05) is 23.7 Å². The Balaban J connectivity index is 0.000000687. The summed E-state index contributed by atoms with van der Waals surface area (Å²) in [6.07, 6.45) is 0. The first-order chi connectivity index (χ1) is 18.0. The molecule has 0 amide bonds. The zero-order valence-electron chi connectivity index (χ0n) is 24.2. The van der Waals surface area contributed by atoms with Crippen molar-refractivity contribution in [2.45, 2.75) is 41.5 Å². The van der Waals surface area contributed by atoms with E-state index in [-0.39, 0.29) is 46.6 Å². The molecule has 0 atom stereocenters. The number of aromatic nitrogens is 4. The summed E-state index contributed by atoms with van der Waals surface area (Å²) in [5, 5.41) is 30.7. The fourth-order valence-corrected chi connectivity index (χ4v) is 3.97. The van der Waals surface area contributed by atoms with Crippen molar-refractivity contribution < 1.29 is 59.6 Å². The number of aryl methyl sites for hydroxylation is 5. The number of carboxylic acid groups (broad SMARTS) is 1. The van der Waals surface area contributed by atoms with Crippen molar-refractivity contribution in [3.63, 3.8) is 0 Å². The smallest absolute Gasteiger partial charge is 0.870 e. The number of nitrogens with zero attached hydrogens (tertiary/aromatic N) is 2. The molecule has 0 radical (unpaired) electrons. The topological polar surface area (TPSA) is 171 Å². The monoisotopic (exact) mass is 580 g/mol. The van der Waals surface area contributed by atoms with Gasteiger partial charge >= 0.3 is 41.5 Å². The number of aliphatic hydroxyl groups excluding tert-OH is 1. The second-order valence-electron chi connectivity index (χ2n) is 8.64. The van der Waals surface area contributed by atoms with Gasteiger partial charge in [0.1, 0.15) is 5.69 Å². The minimum Gasteiger partial charge on any atom is -0.870 e. The van der Waals surface area contributed by atoms with Gasteiger partial charge in [-0.05, 0) is 82.0 Å². The van der Waals surface area contributed by atoms with Gasteiger partial charge in [-0.15, -0.1) is 0 Å². The number of hydrogen-bond donors (Lipinski definition) is 4. The summed E-state index contributed by atoms with van der Waals surface area (Å²) in [5.74, 6) is -1.28. The van der Waals surface area contributed by atoms with Crippen molar-refractivity contribution in [3.05, 3.63) is 80.1 Å². The number of halogens is 1. The molecule has 4 rings (SSSR count). The van der Waals surface area contributed by atoms with Gasteiger partial charge in [0, 0.05) is 23.9 Å². The van der Waals surface area contributed by atoms with E-state index in [9.17, 15) is 9.59 Å². The second-order valence-corrected chi connectivity index (χ2v) is 9.02. The van der Waals surface area contributed by atoms with E-state index in [1.807, 2.05) is 53.7 Å². The summed E-state index contributed by atoms with van der Waals surface area (Å²) in [6.45, 7) is 11.6. The molecule has 12 heteroatoms. The maximum Gasteiger partial charge on any atom is 1.00 e. The number of nitrogens with one attached hydrogen (secondary N) is 2. The minimum atomic E-state index is -0.920. The van der Waals surface area contributed by atoms with Crippen LogP contribution in [0.3, 0.4) is 0 Å². The number of aliphatic hydroxyl groups is 1. The van der Waals surface area contributed by atoms with Crippen molar-refractivity contribution in [2.24, 2.45) is 0 Å². The molecule has 0 aliphatic rings. The number of hydrogen-bond acceptors (Lipinski definition) is 7. The zero-order valence-corrected chi connectivity index (χ0v) is 27.0. The molecule has 5 N–H and O–H groups in total. The number of ether oxygens (including phenoxy) is 1. The van der Waals surface area contributed by atoms with Crippen molar-refractivity contribution in [1.29, 1.82) is 0 Å². The van der Waals surface area contributed by atoms with E-state index in [4.69, 9.17) is 26.6 Å². The molecular formula is C28H34ClN4NaO6. The Morgan fingerprint density at radius 1 is 0.825 bits per heavy atom. The van der Waals surface area contributed by atoms with Gasteiger partial charge in [0.2, 0.25) is 0 Å².